The maximum Gasteiger partial charge on any atom is 0.275 e. The molecule has 5 rings (SSSR count). The Bertz CT molecular complexity index is 1150. The van der Waals surface area contributed by atoms with E-state index in [4.69, 9.17) is 4.74 Å². The van der Waals surface area contributed by atoms with Crippen molar-refractivity contribution in [2.75, 3.05) is 25.1 Å². The van der Waals surface area contributed by atoms with E-state index in [1.807, 2.05) is 54.1 Å². The highest BCUT2D eigenvalue weighted by Crippen LogP contribution is 2.32. The minimum atomic E-state index is -0.683. The summed E-state index contributed by atoms with van der Waals surface area (Å²) >= 11 is 0. The van der Waals surface area contributed by atoms with Crippen LogP contribution in [0, 0.1) is 0 Å². The number of hydrogen-bond donors (Lipinski definition) is 0. The van der Waals surface area contributed by atoms with Gasteiger partial charge in [0.15, 0.2) is 0 Å². The lowest BCUT2D eigenvalue weighted by atomic mass is 10.1. The van der Waals surface area contributed by atoms with Crippen LogP contribution in [-0.2, 0) is 24.7 Å². The Morgan fingerprint density at radius 2 is 1.77 bits per heavy atom. The SMILES string of the molecule is CN1C(=O)[C@@H](N2CCc3c(nc(Cc4ccccc4)n3C)C2=O)COc2ccccc21. The summed E-state index contributed by atoms with van der Waals surface area (Å²) in [5.41, 5.74) is 3.22. The van der Waals surface area contributed by atoms with Gasteiger partial charge in [0.2, 0.25) is 0 Å². The Kier molecular flexibility index (Phi) is 4.73. The summed E-state index contributed by atoms with van der Waals surface area (Å²) in [6.07, 6.45) is 1.31. The predicted molar refractivity (Wildman–Crippen MR) is 116 cm³/mol. The van der Waals surface area contributed by atoms with Crippen molar-refractivity contribution in [3.05, 3.63) is 77.4 Å². The molecule has 0 unspecified atom stereocenters. The number of likely N-dealkylation sites (N-methyl/N-ethyl adjacent to an activating group) is 1. The quantitative estimate of drug-likeness (QED) is 0.658. The zero-order valence-electron chi connectivity index (χ0n) is 17.6. The average Bonchev–Trinajstić information content (AvgIpc) is 3.05. The molecule has 158 valence electrons. The van der Waals surface area contributed by atoms with Gasteiger partial charge in [-0.15, -0.1) is 0 Å². The minimum absolute atomic E-state index is 0.130. The van der Waals surface area contributed by atoms with E-state index < -0.39 is 6.04 Å². The van der Waals surface area contributed by atoms with Gasteiger partial charge in [-0.25, -0.2) is 4.98 Å². The summed E-state index contributed by atoms with van der Waals surface area (Å²) < 4.78 is 7.94. The summed E-state index contributed by atoms with van der Waals surface area (Å²) in [5, 5.41) is 0. The normalized spacial score (nSPS) is 18.3. The van der Waals surface area contributed by atoms with Crippen LogP contribution in [0.15, 0.2) is 54.6 Å². The van der Waals surface area contributed by atoms with Gasteiger partial charge in [-0.05, 0) is 17.7 Å². The van der Waals surface area contributed by atoms with Crippen molar-refractivity contribution in [3.8, 4) is 5.75 Å². The van der Waals surface area contributed by atoms with Gasteiger partial charge in [0.05, 0.1) is 11.4 Å². The summed E-state index contributed by atoms with van der Waals surface area (Å²) in [7, 11) is 3.68. The third-order valence-electron chi connectivity index (χ3n) is 6.18. The van der Waals surface area contributed by atoms with Gasteiger partial charge in [0.25, 0.3) is 11.8 Å². The molecule has 0 saturated carbocycles. The van der Waals surface area contributed by atoms with E-state index in [9.17, 15) is 9.59 Å². The molecule has 31 heavy (non-hydrogen) atoms. The smallest absolute Gasteiger partial charge is 0.275 e. The second kappa shape index (κ2) is 7.58. The van der Waals surface area contributed by atoms with Crippen molar-refractivity contribution in [2.24, 2.45) is 7.05 Å². The van der Waals surface area contributed by atoms with E-state index in [1.54, 1.807) is 16.8 Å². The topological polar surface area (TPSA) is 67.7 Å². The predicted octanol–water partition coefficient (Wildman–Crippen LogP) is 2.43. The van der Waals surface area contributed by atoms with Crippen LogP contribution in [0.25, 0.3) is 0 Å². The molecule has 3 heterocycles. The number of carbonyl (C=O) groups is 2. The molecule has 7 heteroatoms. The molecule has 0 bridgehead atoms. The molecule has 0 spiro atoms. The maximum absolute atomic E-state index is 13.4. The fourth-order valence-electron chi connectivity index (χ4n) is 4.40. The average molecular weight is 416 g/mol. The largest absolute Gasteiger partial charge is 0.489 e. The molecule has 2 amide bonds. The van der Waals surface area contributed by atoms with Crippen molar-refractivity contribution in [1.29, 1.82) is 0 Å². The lowest BCUT2D eigenvalue weighted by molar-refractivity contribution is -0.123. The number of fused-ring (bicyclic) bond motifs is 2. The van der Waals surface area contributed by atoms with Gasteiger partial charge in [0, 0.05) is 33.5 Å². The second-order valence-electron chi connectivity index (χ2n) is 7.99. The molecule has 2 aliphatic rings. The number of rotatable bonds is 3. The number of imidazole rings is 1. The van der Waals surface area contributed by atoms with Crippen molar-refractivity contribution >= 4 is 17.5 Å². The number of benzene rings is 2. The standard InChI is InChI=1S/C24H24N4O3/c1-26-18-12-13-28(19-15-31-20-11-7-6-10-17(20)27(2)23(19)29)24(30)22(18)25-21(26)14-16-8-4-3-5-9-16/h3-11,19H,12-15H2,1-2H3/t19-/m0/s1. The lowest BCUT2D eigenvalue weighted by Crippen LogP contribution is -2.54. The van der Waals surface area contributed by atoms with Crippen molar-refractivity contribution in [1.82, 2.24) is 14.5 Å². The number of aromatic nitrogens is 2. The van der Waals surface area contributed by atoms with Gasteiger partial charge in [-0.3, -0.25) is 9.59 Å². The van der Waals surface area contributed by atoms with Gasteiger partial charge in [-0.2, -0.15) is 0 Å². The van der Waals surface area contributed by atoms with Crippen molar-refractivity contribution < 1.29 is 14.3 Å². The fraction of sp³-hybridized carbons (Fsp3) is 0.292. The summed E-state index contributed by atoms with van der Waals surface area (Å²) in [6.45, 7) is 0.588. The Labute approximate surface area is 180 Å². The van der Waals surface area contributed by atoms with Crippen LogP contribution in [0.4, 0.5) is 5.69 Å². The molecule has 1 aromatic heterocycles. The highest BCUT2D eigenvalue weighted by Gasteiger charge is 2.40. The highest BCUT2D eigenvalue weighted by atomic mass is 16.5. The van der Waals surface area contributed by atoms with Crippen molar-refractivity contribution in [2.45, 2.75) is 18.9 Å². The zero-order valence-corrected chi connectivity index (χ0v) is 17.6. The molecule has 7 nitrogen and oxygen atoms in total. The molecule has 0 saturated heterocycles. The first-order chi connectivity index (χ1) is 15.0. The molecule has 2 aromatic carbocycles. The van der Waals surface area contributed by atoms with Gasteiger partial charge in [0.1, 0.15) is 29.9 Å². The van der Waals surface area contributed by atoms with Crippen molar-refractivity contribution in [3.63, 3.8) is 0 Å². The molecule has 2 aliphatic heterocycles. The van der Waals surface area contributed by atoms with E-state index in [1.165, 1.54) is 0 Å². The number of amides is 2. The summed E-state index contributed by atoms with van der Waals surface area (Å²) in [6, 6.07) is 16.8. The molecule has 0 fully saturated rings. The van der Waals surface area contributed by atoms with Crippen LogP contribution in [-0.4, -0.2) is 52.5 Å². The van der Waals surface area contributed by atoms with Gasteiger partial charge in [-0.1, -0.05) is 42.5 Å². The maximum atomic E-state index is 13.4. The monoisotopic (exact) mass is 416 g/mol. The number of para-hydroxylation sites is 2. The molecule has 3 aromatic rings. The van der Waals surface area contributed by atoms with E-state index in [-0.39, 0.29) is 18.4 Å². The fourth-order valence-corrected chi connectivity index (χ4v) is 4.40. The lowest BCUT2D eigenvalue weighted by Gasteiger charge is -2.33. The van der Waals surface area contributed by atoms with Crippen LogP contribution < -0.4 is 9.64 Å². The number of carbonyl (C=O) groups excluding carboxylic acids is 2. The number of nitrogens with zero attached hydrogens (tertiary/aromatic N) is 4. The number of anilines is 1. The van der Waals surface area contributed by atoms with Gasteiger partial charge < -0.3 is 19.1 Å². The van der Waals surface area contributed by atoms with E-state index >= 15 is 0 Å². The van der Waals surface area contributed by atoms with Gasteiger partial charge >= 0.3 is 0 Å². The first kappa shape index (κ1) is 19.4. The molecule has 0 radical (unpaired) electrons. The minimum Gasteiger partial charge on any atom is -0.489 e. The zero-order chi connectivity index (χ0) is 21.5. The Hall–Kier alpha value is -3.61. The van der Waals surface area contributed by atoms with E-state index in [0.29, 0.717) is 36.5 Å². The molecular formula is C24H24N4O3. The van der Waals surface area contributed by atoms with Crippen LogP contribution >= 0.6 is 0 Å². The third-order valence-corrected chi connectivity index (χ3v) is 6.18. The molecule has 0 N–H and O–H groups in total. The summed E-state index contributed by atoms with van der Waals surface area (Å²) in [4.78, 5) is 34.5. The van der Waals surface area contributed by atoms with Crippen LogP contribution in [0.1, 0.15) is 27.6 Å². The first-order valence-electron chi connectivity index (χ1n) is 10.4. The second-order valence-corrected chi connectivity index (χ2v) is 7.99. The van der Waals surface area contributed by atoms with E-state index in [2.05, 4.69) is 17.1 Å². The Morgan fingerprint density at radius 3 is 2.58 bits per heavy atom. The van der Waals surface area contributed by atoms with Crippen LogP contribution in [0.2, 0.25) is 0 Å². The Balaban J connectivity index is 1.42. The van der Waals surface area contributed by atoms with E-state index in [0.717, 1.165) is 17.1 Å². The van der Waals surface area contributed by atoms with Crippen LogP contribution in [0.3, 0.4) is 0 Å². The third kappa shape index (κ3) is 3.26. The number of ether oxygens (including phenoxy) is 1. The Morgan fingerprint density at radius 1 is 1.03 bits per heavy atom. The highest BCUT2D eigenvalue weighted by molar-refractivity contribution is 6.03. The first-order valence-corrected chi connectivity index (χ1v) is 10.4. The number of hydrogen-bond acceptors (Lipinski definition) is 4. The molecule has 0 aliphatic carbocycles. The molecule has 1 atom stereocenters. The molecular weight excluding hydrogens is 392 g/mol. The summed E-state index contributed by atoms with van der Waals surface area (Å²) in [5.74, 6) is 1.13. The van der Waals surface area contributed by atoms with Crippen LogP contribution in [0.5, 0.6) is 5.75 Å².